The van der Waals surface area contributed by atoms with Crippen LogP contribution < -0.4 is 5.32 Å². The molecular formula is C21H28N4O3S. The Morgan fingerprint density at radius 2 is 2.00 bits per heavy atom. The monoisotopic (exact) mass is 416 g/mol. The molecule has 0 aliphatic heterocycles. The zero-order valence-electron chi connectivity index (χ0n) is 17.1. The van der Waals surface area contributed by atoms with Crippen molar-refractivity contribution in [3.63, 3.8) is 0 Å². The normalized spacial score (nSPS) is 15.6. The van der Waals surface area contributed by atoms with Crippen molar-refractivity contribution in [2.45, 2.75) is 56.8 Å². The number of ether oxygens (including phenoxy) is 1. The molecule has 1 saturated carbocycles. The van der Waals surface area contributed by atoms with Gasteiger partial charge in [0, 0.05) is 5.92 Å². The molecule has 8 heteroatoms. The predicted molar refractivity (Wildman–Crippen MR) is 112 cm³/mol. The maximum Gasteiger partial charge on any atom is 0.328 e. The average Bonchev–Trinajstić information content (AvgIpc) is 3.51. The van der Waals surface area contributed by atoms with E-state index in [9.17, 15) is 9.59 Å². The zero-order chi connectivity index (χ0) is 20.8. The summed E-state index contributed by atoms with van der Waals surface area (Å²) in [5.41, 5.74) is 1.17. The number of thioether (sulfide) groups is 1. The van der Waals surface area contributed by atoms with Gasteiger partial charge in [-0.1, -0.05) is 62.4 Å². The lowest BCUT2D eigenvalue weighted by Crippen LogP contribution is -2.46. The predicted octanol–water partition coefficient (Wildman–Crippen LogP) is 3.00. The minimum atomic E-state index is -0.637. The number of aromatic nitrogens is 3. The average molecular weight is 417 g/mol. The molecule has 1 amide bonds. The van der Waals surface area contributed by atoms with Crippen molar-refractivity contribution in [3.8, 4) is 0 Å². The van der Waals surface area contributed by atoms with Crippen LogP contribution in [0.2, 0.25) is 0 Å². The molecule has 1 aromatic heterocycles. The number of carbonyl (C=O) groups is 2. The van der Waals surface area contributed by atoms with Gasteiger partial charge in [0.15, 0.2) is 5.16 Å². The molecule has 2 aromatic rings. The molecular weight excluding hydrogens is 388 g/mol. The lowest BCUT2D eigenvalue weighted by Gasteiger charge is -2.21. The summed E-state index contributed by atoms with van der Waals surface area (Å²) < 4.78 is 6.94. The van der Waals surface area contributed by atoms with Crippen molar-refractivity contribution in [1.82, 2.24) is 20.1 Å². The Morgan fingerprint density at radius 3 is 2.62 bits per heavy atom. The number of nitrogens with zero attached hydrogens (tertiary/aromatic N) is 3. The molecule has 0 unspecified atom stereocenters. The fourth-order valence-electron chi connectivity index (χ4n) is 3.11. The van der Waals surface area contributed by atoms with E-state index in [1.807, 2.05) is 32.0 Å². The second-order valence-electron chi connectivity index (χ2n) is 7.43. The summed E-state index contributed by atoms with van der Waals surface area (Å²) in [6.45, 7) is 4.58. The van der Waals surface area contributed by atoms with E-state index in [-0.39, 0.29) is 17.6 Å². The van der Waals surface area contributed by atoms with Crippen molar-refractivity contribution >= 4 is 23.6 Å². The van der Waals surface area contributed by atoms with Crippen molar-refractivity contribution in [1.29, 1.82) is 0 Å². The third kappa shape index (κ3) is 5.59. The summed E-state index contributed by atoms with van der Waals surface area (Å²) in [5, 5.41) is 12.2. The van der Waals surface area contributed by atoms with Crippen LogP contribution in [0.25, 0.3) is 0 Å². The van der Waals surface area contributed by atoms with Crippen molar-refractivity contribution in [3.05, 3.63) is 41.7 Å². The number of benzene rings is 1. The standard InChI is InChI=1S/C21H28N4O3S/c1-4-14(2)18(20(27)28-3)22-17(26)13-29-21-24-23-19(16-10-11-16)25(21)12-15-8-6-5-7-9-15/h5-9,14,16,18H,4,10-13H2,1-3H3,(H,22,26)/t14-,18+/m0/s1. The quantitative estimate of drug-likeness (QED) is 0.473. The van der Waals surface area contributed by atoms with Crippen LogP contribution in [0.1, 0.15) is 50.4 Å². The Morgan fingerprint density at radius 1 is 1.28 bits per heavy atom. The molecule has 1 aliphatic carbocycles. The first kappa shape index (κ1) is 21.4. The third-order valence-electron chi connectivity index (χ3n) is 5.19. The van der Waals surface area contributed by atoms with Crippen LogP contribution in [-0.4, -0.2) is 45.5 Å². The largest absolute Gasteiger partial charge is 0.467 e. The smallest absolute Gasteiger partial charge is 0.328 e. The zero-order valence-corrected chi connectivity index (χ0v) is 17.9. The second-order valence-corrected chi connectivity index (χ2v) is 8.37. The lowest BCUT2D eigenvalue weighted by molar-refractivity contribution is -0.146. The maximum atomic E-state index is 12.5. The highest BCUT2D eigenvalue weighted by molar-refractivity contribution is 7.99. The number of esters is 1. The summed E-state index contributed by atoms with van der Waals surface area (Å²) in [6, 6.07) is 9.53. The van der Waals surface area contributed by atoms with Crippen LogP contribution in [0.3, 0.4) is 0 Å². The van der Waals surface area contributed by atoms with Crippen LogP contribution in [0.5, 0.6) is 0 Å². The van der Waals surface area contributed by atoms with E-state index in [0.29, 0.717) is 12.5 Å². The molecule has 3 rings (SSSR count). The Kier molecular flexibility index (Phi) is 7.30. The number of hydrogen-bond donors (Lipinski definition) is 1. The Bertz CT molecular complexity index is 836. The van der Waals surface area contributed by atoms with Gasteiger partial charge in [-0.25, -0.2) is 4.79 Å². The van der Waals surface area contributed by atoms with Gasteiger partial charge in [-0.05, 0) is 24.3 Å². The van der Waals surface area contributed by atoms with E-state index < -0.39 is 12.0 Å². The number of methoxy groups -OCH3 is 1. The van der Waals surface area contributed by atoms with E-state index in [0.717, 1.165) is 30.2 Å². The van der Waals surface area contributed by atoms with Gasteiger partial charge in [-0.15, -0.1) is 10.2 Å². The summed E-state index contributed by atoms with van der Waals surface area (Å²) in [6.07, 6.45) is 3.03. The van der Waals surface area contributed by atoms with Crippen molar-refractivity contribution in [2.24, 2.45) is 5.92 Å². The van der Waals surface area contributed by atoms with E-state index in [1.54, 1.807) is 0 Å². The Balaban J connectivity index is 1.67. The summed E-state index contributed by atoms with van der Waals surface area (Å²) in [7, 11) is 1.34. The van der Waals surface area contributed by atoms with E-state index in [4.69, 9.17) is 4.74 Å². The number of amides is 1. The molecule has 1 aliphatic rings. The molecule has 2 atom stereocenters. The number of nitrogens with one attached hydrogen (secondary N) is 1. The molecule has 0 spiro atoms. The van der Waals surface area contributed by atoms with Gasteiger partial charge in [0.25, 0.3) is 0 Å². The molecule has 1 heterocycles. The number of carbonyl (C=O) groups excluding carboxylic acids is 2. The summed E-state index contributed by atoms with van der Waals surface area (Å²) in [4.78, 5) is 24.5. The highest BCUT2D eigenvalue weighted by Crippen LogP contribution is 2.40. The Labute approximate surface area is 175 Å². The lowest BCUT2D eigenvalue weighted by atomic mass is 9.99. The molecule has 156 valence electrons. The molecule has 0 bridgehead atoms. The fourth-order valence-corrected chi connectivity index (χ4v) is 3.86. The summed E-state index contributed by atoms with van der Waals surface area (Å²) >= 11 is 1.35. The highest BCUT2D eigenvalue weighted by atomic mass is 32.2. The molecule has 7 nitrogen and oxygen atoms in total. The number of hydrogen-bond acceptors (Lipinski definition) is 6. The van der Waals surface area contributed by atoms with Gasteiger partial charge in [-0.2, -0.15) is 0 Å². The van der Waals surface area contributed by atoms with Crippen LogP contribution in [0, 0.1) is 5.92 Å². The minimum Gasteiger partial charge on any atom is -0.467 e. The molecule has 1 N–H and O–H groups in total. The van der Waals surface area contributed by atoms with Gasteiger partial charge in [0.1, 0.15) is 11.9 Å². The molecule has 0 radical (unpaired) electrons. The SMILES string of the molecule is CC[C@H](C)[C@@H](NC(=O)CSc1nnc(C2CC2)n1Cc1ccccc1)C(=O)OC. The van der Waals surface area contributed by atoms with Crippen LogP contribution in [-0.2, 0) is 20.9 Å². The first-order valence-electron chi connectivity index (χ1n) is 10.0. The first-order chi connectivity index (χ1) is 14.0. The van der Waals surface area contributed by atoms with Gasteiger partial charge in [0.05, 0.1) is 19.4 Å². The van der Waals surface area contributed by atoms with E-state index >= 15 is 0 Å². The van der Waals surface area contributed by atoms with Gasteiger partial charge in [0.2, 0.25) is 5.91 Å². The van der Waals surface area contributed by atoms with Crippen LogP contribution >= 0.6 is 11.8 Å². The van der Waals surface area contributed by atoms with Crippen LogP contribution in [0.4, 0.5) is 0 Å². The summed E-state index contributed by atoms with van der Waals surface area (Å²) in [5.74, 6) is 0.988. The van der Waals surface area contributed by atoms with E-state index in [2.05, 4.69) is 32.2 Å². The second kappa shape index (κ2) is 9.91. The van der Waals surface area contributed by atoms with Gasteiger partial charge in [-0.3, -0.25) is 4.79 Å². The first-order valence-corrected chi connectivity index (χ1v) is 11.0. The maximum absolute atomic E-state index is 12.5. The van der Waals surface area contributed by atoms with Crippen molar-refractivity contribution < 1.29 is 14.3 Å². The van der Waals surface area contributed by atoms with Gasteiger partial charge < -0.3 is 14.6 Å². The highest BCUT2D eigenvalue weighted by Gasteiger charge is 2.31. The molecule has 0 saturated heterocycles. The van der Waals surface area contributed by atoms with Crippen LogP contribution in [0.15, 0.2) is 35.5 Å². The van der Waals surface area contributed by atoms with Crippen molar-refractivity contribution in [2.75, 3.05) is 12.9 Å². The van der Waals surface area contributed by atoms with Gasteiger partial charge >= 0.3 is 5.97 Å². The molecule has 1 fully saturated rings. The molecule has 1 aromatic carbocycles. The fraction of sp³-hybridized carbons (Fsp3) is 0.524. The van der Waals surface area contributed by atoms with E-state index in [1.165, 1.54) is 24.4 Å². The topological polar surface area (TPSA) is 86.1 Å². The Hall–Kier alpha value is -2.35. The third-order valence-corrected chi connectivity index (χ3v) is 6.16. The number of rotatable bonds is 10. The molecule has 29 heavy (non-hydrogen) atoms. The minimum absolute atomic E-state index is 0.000368.